The summed E-state index contributed by atoms with van der Waals surface area (Å²) >= 11 is 0. The molecule has 0 aliphatic heterocycles. The molecule has 1 unspecified atom stereocenters. The smallest absolute Gasteiger partial charge is 0.306 e. The molecule has 0 aliphatic rings. The lowest BCUT2D eigenvalue weighted by Gasteiger charge is -2.08. The number of allylic oxidation sites excluding steroid dienone is 2. The van der Waals surface area contributed by atoms with Gasteiger partial charge in [-0.1, -0.05) is 58.1 Å². The van der Waals surface area contributed by atoms with Crippen LogP contribution in [0.3, 0.4) is 0 Å². The van der Waals surface area contributed by atoms with Crippen LogP contribution < -0.4 is 0 Å². The SMILES string of the molecule is CCCCC=CCCCCCCC(CC)C(=O)O. The molecule has 0 aromatic heterocycles. The van der Waals surface area contributed by atoms with Crippen molar-refractivity contribution in [2.24, 2.45) is 5.92 Å². The molecule has 0 bridgehead atoms. The Kier molecular flexibility index (Phi) is 12.1. The fourth-order valence-electron chi connectivity index (χ4n) is 2.07. The summed E-state index contributed by atoms with van der Waals surface area (Å²) in [7, 11) is 0. The molecule has 1 atom stereocenters. The van der Waals surface area contributed by atoms with Gasteiger partial charge in [-0.25, -0.2) is 0 Å². The number of aliphatic carboxylic acids is 1. The molecular formula is C16H30O2. The third-order valence-corrected chi connectivity index (χ3v) is 3.41. The van der Waals surface area contributed by atoms with Gasteiger partial charge in [-0.2, -0.15) is 0 Å². The topological polar surface area (TPSA) is 37.3 Å². The van der Waals surface area contributed by atoms with E-state index in [0.29, 0.717) is 0 Å². The average molecular weight is 254 g/mol. The zero-order valence-corrected chi connectivity index (χ0v) is 12.2. The van der Waals surface area contributed by atoms with E-state index in [4.69, 9.17) is 5.11 Å². The van der Waals surface area contributed by atoms with Crippen molar-refractivity contribution in [3.05, 3.63) is 12.2 Å². The van der Waals surface area contributed by atoms with Crippen LogP contribution in [0.2, 0.25) is 0 Å². The predicted octanol–water partition coefficient (Wildman–Crippen LogP) is 5.18. The molecule has 0 aliphatic carbocycles. The second-order valence-corrected chi connectivity index (χ2v) is 5.05. The standard InChI is InChI=1S/C16H30O2/c1-3-5-6-7-8-9-10-11-12-13-14-15(4-2)16(17)18/h7-8,15H,3-6,9-14H2,1-2H3,(H,17,18). The Balaban J connectivity index is 3.30. The fraction of sp³-hybridized carbons (Fsp3) is 0.812. The highest BCUT2D eigenvalue weighted by molar-refractivity contribution is 5.69. The molecule has 0 spiro atoms. The minimum Gasteiger partial charge on any atom is -0.481 e. The Hall–Kier alpha value is -0.790. The van der Waals surface area contributed by atoms with Gasteiger partial charge in [0.25, 0.3) is 0 Å². The van der Waals surface area contributed by atoms with Gasteiger partial charge in [0.2, 0.25) is 0 Å². The monoisotopic (exact) mass is 254 g/mol. The Labute approximate surface area is 112 Å². The molecule has 2 nitrogen and oxygen atoms in total. The van der Waals surface area contributed by atoms with Gasteiger partial charge in [-0.05, 0) is 32.1 Å². The van der Waals surface area contributed by atoms with E-state index in [1.54, 1.807) is 0 Å². The maximum atomic E-state index is 10.8. The van der Waals surface area contributed by atoms with Crippen LogP contribution in [0.4, 0.5) is 0 Å². The average Bonchev–Trinajstić information content (AvgIpc) is 2.35. The van der Waals surface area contributed by atoms with Crippen LogP contribution in [-0.4, -0.2) is 11.1 Å². The van der Waals surface area contributed by atoms with Crippen molar-refractivity contribution in [3.8, 4) is 0 Å². The third kappa shape index (κ3) is 10.4. The van der Waals surface area contributed by atoms with E-state index in [-0.39, 0.29) is 5.92 Å². The van der Waals surface area contributed by atoms with Crippen LogP contribution in [0, 0.1) is 5.92 Å². The van der Waals surface area contributed by atoms with Gasteiger partial charge in [0.05, 0.1) is 5.92 Å². The third-order valence-electron chi connectivity index (χ3n) is 3.41. The number of rotatable bonds is 12. The molecule has 18 heavy (non-hydrogen) atoms. The van der Waals surface area contributed by atoms with Crippen molar-refractivity contribution in [1.82, 2.24) is 0 Å². The first-order valence-corrected chi connectivity index (χ1v) is 7.60. The lowest BCUT2D eigenvalue weighted by molar-refractivity contribution is -0.142. The molecule has 1 N–H and O–H groups in total. The van der Waals surface area contributed by atoms with E-state index in [2.05, 4.69) is 19.1 Å². The second kappa shape index (κ2) is 12.7. The molecule has 0 saturated heterocycles. The minimum atomic E-state index is -0.628. The van der Waals surface area contributed by atoms with Crippen molar-refractivity contribution in [2.45, 2.75) is 78.1 Å². The summed E-state index contributed by atoms with van der Waals surface area (Å²) in [6.07, 6.45) is 15.9. The van der Waals surface area contributed by atoms with Gasteiger partial charge in [0.15, 0.2) is 0 Å². The molecule has 0 fully saturated rings. The fourth-order valence-corrected chi connectivity index (χ4v) is 2.07. The Morgan fingerprint density at radius 1 is 1.00 bits per heavy atom. The Bertz CT molecular complexity index is 221. The van der Waals surface area contributed by atoms with Gasteiger partial charge < -0.3 is 5.11 Å². The second-order valence-electron chi connectivity index (χ2n) is 5.05. The Morgan fingerprint density at radius 3 is 2.17 bits per heavy atom. The van der Waals surface area contributed by atoms with Crippen molar-refractivity contribution >= 4 is 5.97 Å². The maximum absolute atomic E-state index is 10.8. The maximum Gasteiger partial charge on any atom is 0.306 e. The van der Waals surface area contributed by atoms with Crippen LogP contribution in [0.15, 0.2) is 12.2 Å². The van der Waals surface area contributed by atoms with Crippen molar-refractivity contribution in [3.63, 3.8) is 0 Å². The normalized spacial score (nSPS) is 13.0. The van der Waals surface area contributed by atoms with Gasteiger partial charge >= 0.3 is 5.97 Å². The summed E-state index contributed by atoms with van der Waals surface area (Å²) in [6, 6.07) is 0. The van der Waals surface area contributed by atoms with Crippen LogP contribution in [-0.2, 0) is 4.79 Å². The summed E-state index contributed by atoms with van der Waals surface area (Å²) in [5.41, 5.74) is 0. The van der Waals surface area contributed by atoms with Crippen LogP contribution in [0.5, 0.6) is 0 Å². The van der Waals surface area contributed by atoms with Crippen LogP contribution in [0.25, 0.3) is 0 Å². The number of hydrogen-bond donors (Lipinski definition) is 1. The highest BCUT2D eigenvalue weighted by Crippen LogP contribution is 2.15. The van der Waals surface area contributed by atoms with E-state index in [1.165, 1.54) is 44.9 Å². The van der Waals surface area contributed by atoms with Gasteiger partial charge in [-0.15, -0.1) is 0 Å². The van der Waals surface area contributed by atoms with Gasteiger partial charge in [0.1, 0.15) is 0 Å². The molecule has 106 valence electrons. The molecule has 0 amide bonds. The summed E-state index contributed by atoms with van der Waals surface area (Å²) in [5.74, 6) is -0.754. The predicted molar refractivity (Wildman–Crippen MR) is 77.8 cm³/mol. The molecule has 0 rings (SSSR count). The largest absolute Gasteiger partial charge is 0.481 e. The van der Waals surface area contributed by atoms with Crippen molar-refractivity contribution < 1.29 is 9.90 Å². The summed E-state index contributed by atoms with van der Waals surface area (Å²) in [4.78, 5) is 10.8. The first kappa shape index (κ1) is 17.2. The number of carboxylic acids is 1. The number of hydrogen-bond acceptors (Lipinski definition) is 1. The van der Waals surface area contributed by atoms with Crippen LogP contribution >= 0.6 is 0 Å². The number of unbranched alkanes of at least 4 members (excludes halogenated alkanes) is 6. The lowest BCUT2D eigenvalue weighted by Crippen LogP contribution is -2.12. The summed E-state index contributed by atoms with van der Waals surface area (Å²) in [6.45, 7) is 4.18. The van der Waals surface area contributed by atoms with E-state index >= 15 is 0 Å². The minimum absolute atomic E-state index is 0.126. The van der Waals surface area contributed by atoms with Crippen molar-refractivity contribution in [2.75, 3.05) is 0 Å². The van der Waals surface area contributed by atoms with Crippen LogP contribution in [0.1, 0.15) is 78.1 Å². The zero-order valence-electron chi connectivity index (χ0n) is 12.2. The first-order chi connectivity index (χ1) is 8.72. The molecule has 2 heteroatoms. The quantitative estimate of drug-likeness (QED) is 0.384. The van der Waals surface area contributed by atoms with E-state index < -0.39 is 5.97 Å². The molecule has 0 heterocycles. The lowest BCUT2D eigenvalue weighted by atomic mass is 9.98. The summed E-state index contributed by atoms with van der Waals surface area (Å²) in [5, 5.41) is 8.91. The van der Waals surface area contributed by atoms with Gasteiger partial charge in [0, 0.05) is 0 Å². The Morgan fingerprint density at radius 2 is 1.61 bits per heavy atom. The summed E-state index contributed by atoms with van der Waals surface area (Å²) < 4.78 is 0. The number of carboxylic acid groups (broad SMARTS) is 1. The van der Waals surface area contributed by atoms with E-state index in [1.807, 2.05) is 6.92 Å². The van der Waals surface area contributed by atoms with Gasteiger partial charge in [-0.3, -0.25) is 4.79 Å². The molecule has 0 aromatic carbocycles. The highest BCUT2D eigenvalue weighted by atomic mass is 16.4. The zero-order chi connectivity index (χ0) is 13.6. The van der Waals surface area contributed by atoms with Crippen molar-refractivity contribution in [1.29, 1.82) is 0 Å². The van der Waals surface area contributed by atoms with E-state index in [0.717, 1.165) is 19.3 Å². The van der Waals surface area contributed by atoms with E-state index in [9.17, 15) is 4.79 Å². The first-order valence-electron chi connectivity index (χ1n) is 7.60. The molecule has 0 aromatic rings. The molecule has 0 radical (unpaired) electrons. The highest BCUT2D eigenvalue weighted by Gasteiger charge is 2.13. The molecule has 0 saturated carbocycles. The number of carbonyl (C=O) groups is 1. The molecular weight excluding hydrogens is 224 g/mol.